The summed E-state index contributed by atoms with van der Waals surface area (Å²) in [6, 6.07) is 29.0. The average molecular weight is 518 g/mol. The van der Waals surface area contributed by atoms with Crippen LogP contribution in [0.2, 0.25) is 0 Å². The Morgan fingerprint density at radius 2 is 1.10 bits per heavy atom. The monoisotopic (exact) mass is 517 g/mol. The molecule has 0 saturated carbocycles. The van der Waals surface area contributed by atoms with Gasteiger partial charge < -0.3 is 4.90 Å². The summed E-state index contributed by atoms with van der Waals surface area (Å²) in [6.07, 6.45) is 11.6. The number of azo groups is 2. The zero-order chi connectivity index (χ0) is 26.7. The fourth-order valence-electron chi connectivity index (χ4n) is 5.21. The molecule has 4 aromatic carbocycles. The first-order valence-electron chi connectivity index (χ1n) is 14.6. The zero-order valence-corrected chi connectivity index (χ0v) is 23.1. The number of hydrogen-bond acceptors (Lipinski definition) is 5. The first kappa shape index (κ1) is 26.7. The van der Waals surface area contributed by atoms with E-state index in [4.69, 9.17) is 0 Å². The summed E-state index contributed by atoms with van der Waals surface area (Å²) in [5, 5.41) is 20.3. The quantitative estimate of drug-likeness (QED) is 0.136. The van der Waals surface area contributed by atoms with Gasteiger partial charge in [-0.2, -0.15) is 10.2 Å². The third-order valence-electron chi connectivity index (χ3n) is 7.50. The van der Waals surface area contributed by atoms with Crippen molar-refractivity contribution in [3.63, 3.8) is 0 Å². The Labute approximate surface area is 232 Å². The minimum atomic E-state index is 0.826. The number of hydrogen-bond donors (Lipinski definition) is 0. The Hall–Kier alpha value is -3.86. The van der Waals surface area contributed by atoms with Crippen LogP contribution in [0.3, 0.4) is 0 Å². The van der Waals surface area contributed by atoms with Crippen molar-refractivity contribution in [3.8, 4) is 0 Å². The van der Waals surface area contributed by atoms with Crippen molar-refractivity contribution in [2.75, 3.05) is 18.0 Å². The van der Waals surface area contributed by atoms with Crippen LogP contribution < -0.4 is 4.90 Å². The normalized spacial score (nSPS) is 13.8. The van der Waals surface area contributed by atoms with Crippen molar-refractivity contribution in [3.05, 3.63) is 90.5 Å². The molecule has 39 heavy (non-hydrogen) atoms. The molecular formula is C34H39N5. The van der Waals surface area contributed by atoms with Crippen molar-refractivity contribution in [1.82, 2.24) is 0 Å². The van der Waals surface area contributed by atoms with Gasteiger partial charge in [0, 0.05) is 29.5 Å². The van der Waals surface area contributed by atoms with Gasteiger partial charge >= 0.3 is 0 Å². The summed E-state index contributed by atoms with van der Waals surface area (Å²) in [6.45, 7) is 4.54. The van der Waals surface area contributed by atoms with Crippen LogP contribution in [-0.2, 0) is 6.42 Å². The summed E-state index contributed by atoms with van der Waals surface area (Å²) in [5.41, 5.74) is 6.01. The molecule has 5 rings (SSSR count). The minimum Gasteiger partial charge on any atom is -0.372 e. The first-order chi connectivity index (χ1) is 19.3. The van der Waals surface area contributed by atoms with E-state index < -0.39 is 0 Å². The molecule has 0 aliphatic carbocycles. The number of fused-ring (bicyclic) bond motifs is 1. The number of aryl methyl sites for hydroxylation is 1. The molecule has 0 N–H and O–H groups in total. The van der Waals surface area contributed by atoms with E-state index in [-0.39, 0.29) is 0 Å². The van der Waals surface area contributed by atoms with E-state index in [1.165, 1.54) is 62.6 Å². The van der Waals surface area contributed by atoms with E-state index in [2.05, 4.69) is 80.8 Å². The molecule has 0 aromatic heterocycles. The summed E-state index contributed by atoms with van der Waals surface area (Å²) >= 11 is 0. The maximum Gasteiger partial charge on any atom is 0.0936 e. The molecule has 1 fully saturated rings. The van der Waals surface area contributed by atoms with Gasteiger partial charge in [-0.3, -0.25) is 0 Å². The molecule has 1 saturated heterocycles. The molecule has 200 valence electrons. The van der Waals surface area contributed by atoms with Gasteiger partial charge in [0.05, 0.1) is 22.7 Å². The van der Waals surface area contributed by atoms with Crippen LogP contribution in [0, 0.1) is 0 Å². The Morgan fingerprint density at radius 3 is 1.69 bits per heavy atom. The molecule has 0 radical (unpaired) electrons. The molecule has 5 heteroatoms. The van der Waals surface area contributed by atoms with Crippen molar-refractivity contribution in [2.24, 2.45) is 20.5 Å². The third kappa shape index (κ3) is 7.38. The number of benzene rings is 4. The maximum absolute atomic E-state index is 4.59. The molecule has 5 nitrogen and oxygen atoms in total. The SMILES string of the molecule is CCCCCCCCc1ccc(N=Nc2ccc(N=Nc3ccc(N4CCCC4)cc3)c3ccccc23)cc1. The average Bonchev–Trinajstić information content (AvgIpc) is 3.53. The van der Waals surface area contributed by atoms with Crippen molar-refractivity contribution < 1.29 is 0 Å². The highest BCUT2D eigenvalue weighted by Crippen LogP contribution is 2.35. The predicted molar refractivity (Wildman–Crippen MR) is 164 cm³/mol. The van der Waals surface area contributed by atoms with Gasteiger partial charge in [-0.1, -0.05) is 75.4 Å². The molecule has 0 spiro atoms. The van der Waals surface area contributed by atoms with E-state index in [1.54, 1.807) is 0 Å². The van der Waals surface area contributed by atoms with Gasteiger partial charge in [0.2, 0.25) is 0 Å². The smallest absolute Gasteiger partial charge is 0.0936 e. The van der Waals surface area contributed by atoms with Crippen LogP contribution in [0.15, 0.2) is 105 Å². The second kappa shape index (κ2) is 13.8. The molecule has 0 amide bonds. The summed E-state index contributed by atoms with van der Waals surface area (Å²) in [7, 11) is 0. The van der Waals surface area contributed by atoms with E-state index in [0.717, 1.165) is 53.0 Å². The molecule has 4 aromatic rings. The van der Waals surface area contributed by atoms with Crippen LogP contribution in [0.5, 0.6) is 0 Å². The van der Waals surface area contributed by atoms with Crippen LogP contribution in [0.1, 0.15) is 63.9 Å². The third-order valence-corrected chi connectivity index (χ3v) is 7.50. The molecular weight excluding hydrogens is 478 g/mol. The second-order valence-electron chi connectivity index (χ2n) is 10.4. The molecule has 0 unspecified atom stereocenters. The van der Waals surface area contributed by atoms with Gasteiger partial charge in [-0.15, -0.1) is 10.2 Å². The lowest BCUT2D eigenvalue weighted by atomic mass is 10.0. The van der Waals surface area contributed by atoms with E-state index in [1.807, 2.05) is 36.4 Å². The first-order valence-corrected chi connectivity index (χ1v) is 14.6. The largest absolute Gasteiger partial charge is 0.372 e. The molecule has 1 heterocycles. The fraction of sp³-hybridized carbons (Fsp3) is 0.353. The number of unbranched alkanes of at least 4 members (excludes halogenated alkanes) is 5. The molecule has 1 aliphatic rings. The van der Waals surface area contributed by atoms with Gasteiger partial charge in [-0.05, 0) is 79.8 Å². The van der Waals surface area contributed by atoms with Crippen molar-refractivity contribution in [1.29, 1.82) is 0 Å². The highest BCUT2D eigenvalue weighted by atomic mass is 15.1. The Kier molecular flexibility index (Phi) is 9.45. The molecule has 0 atom stereocenters. The Morgan fingerprint density at radius 1 is 0.564 bits per heavy atom. The van der Waals surface area contributed by atoms with Crippen LogP contribution in [0.25, 0.3) is 10.8 Å². The van der Waals surface area contributed by atoms with Gasteiger partial charge in [-0.25, -0.2) is 0 Å². The fourth-order valence-corrected chi connectivity index (χ4v) is 5.21. The van der Waals surface area contributed by atoms with Crippen molar-refractivity contribution >= 4 is 39.2 Å². The number of nitrogens with zero attached hydrogens (tertiary/aromatic N) is 5. The minimum absolute atomic E-state index is 0.826. The second-order valence-corrected chi connectivity index (χ2v) is 10.4. The highest BCUT2D eigenvalue weighted by molar-refractivity contribution is 5.99. The Bertz CT molecular complexity index is 1380. The zero-order valence-electron chi connectivity index (χ0n) is 23.1. The van der Waals surface area contributed by atoms with E-state index in [0.29, 0.717) is 0 Å². The van der Waals surface area contributed by atoms with Crippen LogP contribution >= 0.6 is 0 Å². The van der Waals surface area contributed by atoms with Crippen LogP contribution in [0.4, 0.5) is 28.4 Å². The van der Waals surface area contributed by atoms with Crippen LogP contribution in [-0.4, -0.2) is 13.1 Å². The van der Waals surface area contributed by atoms with Gasteiger partial charge in [0.1, 0.15) is 0 Å². The maximum atomic E-state index is 4.59. The summed E-state index contributed by atoms with van der Waals surface area (Å²) in [5.74, 6) is 0. The lowest BCUT2D eigenvalue weighted by molar-refractivity contribution is 0.607. The van der Waals surface area contributed by atoms with Gasteiger partial charge in [0.15, 0.2) is 0 Å². The topological polar surface area (TPSA) is 52.7 Å². The number of rotatable bonds is 12. The predicted octanol–water partition coefficient (Wildman–Crippen LogP) is 11.2. The lowest BCUT2D eigenvalue weighted by Gasteiger charge is -2.17. The Balaban J connectivity index is 1.24. The highest BCUT2D eigenvalue weighted by Gasteiger charge is 2.11. The van der Waals surface area contributed by atoms with E-state index in [9.17, 15) is 0 Å². The standard InChI is InChI=1S/C34H39N5/c1-2-3-4-5-6-7-12-27-15-17-28(18-16-27)35-37-33-23-24-34(32-14-9-8-13-31(32)33)38-36-29-19-21-30(22-20-29)39-25-10-11-26-39/h8-9,13-24H,2-7,10-12,25-26H2,1H3. The summed E-state index contributed by atoms with van der Waals surface area (Å²) < 4.78 is 0. The molecule has 1 aliphatic heterocycles. The van der Waals surface area contributed by atoms with Crippen molar-refractivity contribution in [2.45, 2.75) is 64.7 Å². The number of anilines is 1. The summed E-state index contributed by atoms with van der Waals surface area (Å²) in [4.78, 5) is 2.42. The lowest BCUT2D eigenvalue weighted by Crippen LogP contribution is -2.17. The molecule has 0 bridgehead atoms. The van der Waals surface area contributed by atoms with Gasteiger partial charge in [0.25, 0.3) is 0 Å². The van der Waals surface area contributed by atoms with E-state index >= 15 is 0 Å².